The molecule has 2 heterocycles. The minimum Gasteiger partial charge on any atom is -0.490 e. The molecule has 4 N–H and O–H groups in total. The number of aryl methyl sites for hydroxylation is 3. The number of nitrogens with one attached hydrogen (secondary N) is 2. The Bertz CT molecular complexity index is 1600. The third kappa shape index (κ3) is 9.51. The van der Waals surface area contributed by atoms with Crippen LogP contribution in [0.4, 0.5) is 4.79 Å². The average molecular weight is 656 g/mol. The quantitative estimate of drug-likeness (QED) is 0.210. The predicted molar refractivity (Wildman–Crippen MR) is 178 cm³/mol. The van der Waals surface area contributed by atoms with Gasteiger partial charge in [0.2, 0.25) is 11.8 Å². The average Bonchev–Trinajstić information content (AvgIpc) is 3.24. The highest BCUT2D eigenvalue weighted by molar-refractivity contribution is 6.32. The van der Waals surface area contributed by atoms with E-state index in [0.29, 0.717) is 36.6 Å². The highest BCUT2D eigenvalue weighted by atomic mass is 35.5. The standard InChI is InChI=1S/C34H46ClN5O6/c1-34(2,3)46-32(43)38-24(14-17-29(36)41)21-45-28-12-8-11-23(31(28)35)10-7-5-6-9-22-13-16-26-27(19-22)39(4)33(44)40(26)25-15-18-30(42)37-20-25/h8,11-13,16,19,24-25H,5-7,9-10,14-15,17-18,20-21H2,1-4H3,(H2,36,41)(H,37,42)(H,38,43)/t24-,25?/m0/s1. The Balaban J connectivity index is 1.29. The molecule has 1 aliphatic heterocycles. The molecule has 1 fully saturated rings. The molecule has 0 saturated carbocycles. The van der Waals surface area contributed by atoms with E-state index in [9.17, 15) is 19.2 Å². The number of carbonyl (C=O) groups excluding carboxylic acids is 3. The maximum atomic E-state index is 13.0. The molecule has 3 amide bonds. The van der Waals surface area contributed by atoms with Crippen LogP contribution in [0.5, 0.6) is 5.75 Å². The number of benzene rings is 2. The zero-order valence-electron chi connectivity index (χ0n) is 27.2. The van der Waals surface area contributed by atoms with E-state index in [1.54, 1.807) is 38.5 Å². The lowest BCUT2D eigenvalue weighted by Crippen LogP contribution is -2.42. The van der Waals surface area contributed by atoms with E-state index in [1.807, 2.05) is 22.8 Å². The number of aromatic nitrogens is 2. The fraction of sp³-hybridized carbons (Fsp3) is 0.529. The van der Waals surface area contributed by atoms with Crippen LogP contribution in [0.15, 0.2) is 41.2 Å². The van der Waals surface area contributed by atoms with Crippen molar-refractivity contribution < 1.29 is 23.9 Å². The highest BCUT2D eigenvalue weighted by Crippen LogP contribution is 2.30. The first-order chi connectivity index (χ1) is 21.8. The topological polar surface area (TPSA) is 147 Å². The van der Waals surface area contributed by atoms with Crippen LogP contribution in [-0.2, 0) is 34.2 Å². The number of hydrogen-bond donors (Lipinski definition) is 3. The Morgan fingerprint density at radius 3 is 2.57 bits per heavy atom. The molecule has 0 aliphatic carbocycles. The number of nitrogens with zero attached hydrogens (tertiary/aromatic N) is 2. The van der Waals surface area contributed by atoms with Gasteiger partial charge >= 0.3 is 11.8 Å². The van der Waals surface area contributed by atoms with Gasteiger partial charge in [-0.05, 0) is 88.6 Å². The summed E-state index contributed by atoms with van der Waals surface area (Å²) in [7, 11) is 1.80. The van der Waals surface area contributed by atoms with E-state index < -0.39 is 23.6 Å². The Morgan fingerprint density at radius 1 is 1.11 bits per heavy atom. The fourth-order valence-corrected chi connectivity index (χ4v) is 5.99. The van der Waals surface area contributed by atoms with E-state index >= 15 is 0 Å². The van der Waals surface area contributed by atoms with E-state index in [2.05, 4.69) is 22.8 Å². The number of nitrogens with two attached hydrogens (primary N) is 1. The molecule has 1 saturated heterocycles. The number of halogens is 1. The van der Waals surface area contributed by atoms with E-state index in [0.717, 1.165) is 48.7 Å². The van der Waals surface area contributed by atoms with Crippen molar-refractivity contribution in [3.63, 3.8) is 0 Å². The van der Waals surface area contributed by atoms with Gasteiger partial charge in [0, 0.05) is 26.4 Å². The molecule has 0 bridgehead atoms. The number of hydrogen-bond acceptors (Lipinski definition) is 6. The van der Waals surface area contributed by atoms with Crippen molar-refractivity contribution in [2.45, 2.75) is 96.2 Å². The summed E-state index contributed by atoms with van der Waals surface area (Å²) in [6.07, 6.45) is 5.50. The van der Waals surface area contributed by atoms with E-state index in [1.165, 1.54) is 5.56 Å². The molecule has 46 heavy (non-hydrogen) atoms. The SMILES string of the molecule is Cn1c(=O)n(C2CCC(=O)NC2)c2ccc(CCCCCc3cccc(OC[C@H](CCC(N)=O)NC(=O)OC(C)(C)C)c3Cl)cc21. The van der Waals surface area contributed by atoms with E-state index in [-0.39, 0.29) is 30.7 Å². The molecular formula is C34H46ClN5O6. The highest BCUT2D eigenvalue weighted by Gasteiger charge is 2.24. The van der Waals surface area contributed by atoms with Gasteiger partial charge in [-0.1, -0.05) is 36.2 Å². The molecule has 2 atom stereocenters. The lowest BCUT2D eigenvalue weighted by Gasteiger charge is -2.24. The van der Waals surface area contributed by atoms with E-state index in [4.69, 9.17) is 26.8 Å². The smallest absolute Gasteiger partial charge is 0.407 e. The minimum absolute atomic E-state index is 0.0340. The minimum atomic E-state index is -0.659. The van der Waals surface area contributed by atoms with Crippen LogP contribution < -0.4 is 26.8 Å². The summed E-state index contributed by atoms with van der Waals surface area (Å²) in [5, 5.41) is 6.17. The molecule has 0 radical (unpaired) electrons. The molecule has 1 unspecified atom stereocenters. The van der Waals surface area contributed by atoms with Gasteiger partial charge in [-0.3, -0.25) is 18.7 Å². The van der Waals surface area contributed by atoms with Gasteiger partial charge in [-0.25, -0.2) is 9.59 Å². The maximum Gasteiger partial charge on any atom is 0.407 e. The summed E-state index contributed by atoms with van der Waals surface area (Å²) >= 11 is 6.71. The maximum absolute atomic E-state index is 13.0. The Labute approximate surface area is 274 Å². The third-order valence-corrected chi connectivity index (χ3v) is 8.54. The molecule has 1 aliphatic rings. The summed E-state index contributed by atoms with van der Waals surface area (Å²) in [6.45, 7) is 5.90. The number of piperidine rings is 1. The second-order valence-corrected chi connectivity index (χ2v) is 13.4. The van der Waals surface area contributed by atoms with Gasteiger partial charge in [0.1, 0.15) is 18.0 Å². The number of carbonyl (C=O) groups is 3. The Morgan fingerprint density at radius 2 is 1.87 bits per heavy atom. The molecule has 3 aromatic rings. The molecule has 1 aromatic heterocycles. The number of rotatable bonds is 14. The van der Waals surface area contributed by atoms with Crippen molar-refractivity contribution in [1.29, 1.82) is 0 Å². The number of imidazole rings is 1. The first kappa shape index (κ1) is 34.9. The van der Waals surface area contributed by atoms with Gasteiger partial charge < -0.3 is 25.8 Å². The predicted octanol–water partition coefficient (Wildman–Crippen LogP) is 4.94. The zero-order valence-corrected chi connectivity index (χ0v) is 28.0. The number of alkyl carbamates (subject to hydrolysis) is 1. The number of ether oxygens (including phenoxy) is 2. The summed E-state index contributed by atoms with van der Waals surface area (Å²) in [5.74, 6) is 0.0794. The summed E-state index contributed by atoms with van der Waals surface area (Å²) in [6, 6.07) is 11.3. The van der Waals surface area contributed by atoms with Crippen molar-refractivity contribution in [3.8, 4) is 5.75 Å². The zero-order chi connectivity index (χ0) is 33.4. The van der Waals surface area contributed by atoms with Crippen LogP contribution in [0.3, 0.4) is 0 Å². The van der Waals surface area contributed by atoms with Crippen molar-refractivity contribution in [3.05, 3.63) is 63.0 Å². The van der Waals surface area contributed by atoms with Crippen molar-refractivity contribution in [2.75, 3.05) is 13.2 Å². The van der Waals surface area contributed by atoms with Crippen LogP contribution in [0.1, 0.15) is 82.9 Å². The molecule has 4 rings (SSSR count). The largest absolute Gasteiger partial charge is 0.490 e. The lowest BCUT2D eigenvalue weighted by molar-refractivity contribution is -0.122. The first-order valence-corrected chi connectivity index (χ1v) is 16.3. The van der Waals surface area contributed by atoms with Crippen LogP contribution in [0.2, 0.25) is 5.02 Å². The third-order valence-electron chi connectivity index (χ3n) is 8.11. The molecule has 11 nitrogen and oxygen atoms in total. The second kappa shape index (κ2) is 15.5. The first-order valence-electron chi connectivity index (χ1n) is 16.0. The number of amides is 3. The van der Waals surface area contributed by atoms with Crippen molar-refractivity contribution >= 4 is 40.5 Å². The van der Waals surface area contributed by atoms with Gasteiger partial charge in [-0.2, -0.15) is 0 Å². The molecular weight excluding hydrogens is 610 g/mol. The molecule has 250 valence electrons. The van der Waals surface area contributed by atoms with Crippen molar-refractivity contribution in [1.82, 2.24) is 19.8 Å². The number of fused-ring (bicyclic) bond motifs is 1. The lowest BCUT2D eigenvalue weighted by atomic mass is 10.0. The molecule has 2 aromatic carbocycles. The van der Waals surface area contributed by atoms with Gasteiger partial charge in [-0.15, -0.1) is 0 Å². The summed E-state index contributed by atoms with van der Waals surface area (Å²) in [5.41, 5.74) is 8.56. The Hall–Kier alpha value is -3.99. The molecule has 12 heteroatoms. The van der Waals surface area contributed by atoms with Gasteiger partial charge in [0.05, 0.1) is 28.1 Å². The summed E-state index contributed by atoms with van der Waals surface area (Å²) < 4.78 is 14.8. The van der Waals surface area contributed by atoms with Crippen LogP contribution in [0.25, 0.3) is 11.0 Å². The van der Waals surface area contributed by atoms with Crippen molar-refractivity contribution in [2.24, 2.45) is 12.8 Å². The summed E-state index contributed by atoms with van der Waals surface area (Å²) in [4.78, 5) is 48.3. The fourth-order valence-electron chi connectivity index (χ4n) is 5.72. The van der Waals surface area contributed by atoms with Gasteiger partial charge in [0.25, 0.3) is 0 Å². The second-order valence-electron chi connectivity index (χ2n) is 13.0. The normalized spacial score (nSPS) is 15.8. The van der Waals surface area contributed by atoms with Crippen LogP contribution >= 0.6 is 11.6 Å². The number of primary amides is 1. The van der Waals surface area contributed by atoms with Crippen LogP contribution in [-0.4, -0.2) is 51.8 Å². The Kier molecular flexibility index (Phi) is 11.8. The number of unbranched alkanes of at least 4 members (excludes halogenated alkanes) is 2. The van der Waals surface area contributed by atoms with Crippen LogP contribution in [0, 0.1) is 0 Å². The molecule has 0 spiro atoms. The monoisotopic (exact) mass is 655 g/mol. The van der Waals surface area contributed by atoms with Gasteiger partial charge in [0.15, 0.2) is 0 Å².